The van der Waals surface area contributed by atoms with Crippen molar-refractivity contribution < 1.29 is 14.0 Å². The summed E-state index contributed by atoms with van der Waals surface area (Å²) in [5, 5.41) is 7.32. The van der Waals surface area contributed by atoms with Gasteiger partial charge in [-0.05, 0) is 34.6 Å². The van der Waals surface area contributed by atoms with E-state index >= 15 is 0 Å². The number of aromatic nitrogens is 3. The molecule has 38 heavy (non-hydrogen) atoms. The second-order valence-electron chi connectivity index (χ2n) is 10.7. The lowest BCUT2D eigenvalue weighted by Gasteiger charge is -2.34. The van der Waals surface area contributed by atoms with E-state index in [1.54, 1.807) is 22.8 Å². The van der Waals surface area contributed by atoms with E-state index in [2.05, 4.69) is 54.4 Å². The summed E-state index contributed by atoms with van der Waals surface area (Å²) < 4.78 is 16.2. The minimum Gasteiger partial charge on any atom is -0.347 e. The summed E-state index contributed by atoms with van der Waals surface area (Å²) in [6.45, 7) is 6.41. The largest absolute Gasteiger partial charge is 0.347 e. The average molecular weight is 516 g/mol. The molecule has 0 radical (unpaired) electrons. The maximum absolute atomic E-state index is 14.6. The van der Waals surface area contributed by atoms with Gasteiger partial charge >= 0.3 is 0 Å². The number of benzene rings is 1. The first-order valence-corrected chi connectivity index (χ1v) is 13.3. The monoisotopic (exact) mass is 515 g/mol. The third-order valence-corrected chi connectivity index (χ3v) is 7.65. The number of fused-ring (bicyclic) bond motifs is 1. The van der Waals surface area contributed by atoms with Crippen LogP contribution in [0.5, 0.6) is 0 Å². The van der Waals surface area contributed by atoms with E-state index in [0.29, 0.717) is 11.6 Å². The topological polar surface area (TPSA) is 79.6 Å². The number of hydrogen-bond donors (Lipinski definition) is 1. The molecule has 3 heterocycles. The Bertz CT molecular complexity index is 1370. The molecule has 0 spiro atoms. The van der Waals surface area contributed by atoms with Crippen LogP contribution in [-0.4, -0.2) is 50.1 Å². The third-order valence-electron chi connectivity index (χ3n) is 7.65. The van der Waals surface area contributed by atoms with Crippen LogP contribution >= 0.6 is 0 Å². The van der Waals surface area contributed by atoms with Gasteiger partial charge in [-0.15, -0.1) is 0 Å². The number of nitrogens with zero attached hydrogens (tertiary/aromatic N) is 4. The minimum atomic E-state index is -1.24. The second-order valence-corrected chi connectivity index (χ2v) is 10.7. The Morgan fingerprint density at radius 3 is 2.68 bits per heavy atom. The molecule has 1 N–H and O–H groups in total. The number of pyridine rings is 1. The zero-order chi connectivity index (χ0) is 26.8. The summed E-state index contributed by atoms with van der Waals surface area (Å²) in [7, 11) is 0. The molecule has 8 heteroatoms. The lowest BCUT2D eigenvalue weighted by Crippen LogP contribution is -2.48. The van der Waals surface area contributed by atoms with Crippen molar-refractivity contribution in [1.82, 2.24) is 24.8 Å². The fraction of sp³-hybridized carbons (Fsp3) is 0.400. The number of rotatable bonds is 7. The van der Waals surface area contributed by atoms with Crippen molar-refractivity contribution in [3.05, 3.63) is 89.9 Å². The first-order chi connectivity index (χ1) is 18.3. The summed E-state index contributed by atoms with van der Waals surface area (Å²) in [6.07, 6.45) is 8.58. The molecule has 2 aromatic heterocycles. The van der Waals surface area contributed by atoms with Crippen LogP contribution in [0.1, 0.15) is 44.4 Å². The second kappa shape index (κ2) is 10.9. The normalized spacial score (nSPS) is 24.0. The van der Waals surface area contributed by atoms with Crippen LogP contribution in [0.25, 0.3) is 5.65 Å². The molecule has 1 aliphatic carbocycles. The molecule has 1 aliphatic heterocycles. The maximum Gasteiger partial charge on any atom is 0.243 e. The summed E-state index contributed by atoms with van der Waals surface area (Å²) in [4.78, 5) is 32.5. The number of alkyl halides is 1. The van der Waals surface area contributed by atoms with Crippen molar-refractivity contribution in [3.63, 3.8) is 0 Å². The van der Waals surface area contributed by atoms with E-state index in [-0.39, 0.29) is 49.1 Å². The van der Waals surface area contributed by atoms with E-state index in [4.69, 9.17) is 0 Å². The Hall–Kier alpha value is -3.81. The van der Waals surface area contributed by atoms with Gasteiger partial charge in [0.25, 0.3) is 0 Å². The minimum absolute atomic E-state index is 0.00530. The molecular formula is C30H34FN5O2. The highest BCUT2D eigenvalue weighted by atomic mass is 19.1. The Morgan fingerprint density at radius 1 is 1.16 bits per heavy atom. The van der Waals surface area contributed by atoms with Gasteiger partial charge in [-0.3, -0.25) is 9.59 Å². The van der Waals surface area contributed by atoms with E-state index < -0.39 is 12.2 Å². The van der Waals surface area contributed by atoms with Crippen molar-refractivity contribution in [3.8, 4) is 0 Å². The van der Waals surface area contributed by atoms with E-state index in [9.17, 15) is 14.0 Å². The Labute approximate surface area is 222 Å². The number of carbonyl (C=O) groups excluding carboxylic acids is 2. The fourth-order valence-electron chi connectivity index (χ4n) is 5.53. The Kier molecular flexibility index (Phi) is 7.40. The van der Waals surface area contributed by atoms with E-state index in [1.807, 2.05) is 30.3 Å². The van der Waals surface area contributed by atoms with Gasteiger partial charge in [0.1, 0.15) is 18.5 Å². The van der Waals surface area contributed by atoms with Crippen LogP contribution in [0.2, 0.25) is 0 Å². The molecule has 0 saturated carbocycles. The number of carbonyl (C=O) groups is 2. The number of allylic oxidation sites excluding steroid dienone is 3. The molecule has 5 rings (SSSR count). The van der Waals surface area contributed by atoms with Crippen molar-refractivity contribution >= 4 is 17.5 Å². The third kappa shape index (κ3) is 5.39. The lowest BCUT2D eigenvalue weighted by atomic mass is 9.78. The molecule has 0 bridgehead atoms. The van der Waals surface area contributed by atoms with Crippen LogP contribution in [0.15, 0.2) is 78.8 Å². The van der Waals surface area contributed by atoms with Gasteiger partial charge in [0, 0.05) is 18.5 Å². The summed E-state index contributed by atoms with van der Waals surface area (Å²) in [5.74, 6) is 0.0499. The first kappa shape index (κ1) is 25.8. The Balaban J connectivity index is 1.35. The summed E-state index contributed by atoms with van der Waals surface area (Å²) in [5.41, 5.74) is 3.67. The molecule has 1 fully saturated rings. The van der Waals surface area contributed by atoms with Crippen molar-refractivity contribution in [2.24, 2.45) is 17.8 Å². The van der Waals surface area contributed by atoms with Crippen LogP contribution in [-0.2, 0) is 16.0 Å². The predicted molar refractivity (Wildman–Crippen MR) is 144 cm³/mol. The van der Waals surface area contributed by atoms with Gasteiger partial charge in [0.2, 0.25) is 11.8 Å². The number of amides is 2. The molecule has 1 saturated heterocycles. The summed E-state index contributed by atoms with van der Waals surface area (Å²) >= 11 is 0. The molecule has 5 atom stereocenters. The zero-order valence-electron chi connectivity index (χ0n) is 22.0. The van der Waals surface area contributed by atoms with Gasteiger partial charge < -0.3 is 10.2 Å². The SMILES string of the molecule is CC(C)C1=CC(C)C([C@@H](NC(=O)[C@@H]2C[C@@H](F)CN2C(=O)Cc2ccc3ncnn3c2)c2ccccc2)C=C1. The zero-order valence-corrected chi connectivity index (χ0v) is 22.0. The maximum atomic E-state index is 14.6. The molecule has 3 aromatic rings. The molecule has 2 aliphatic rings. The van der Waals surface area contributed by atoms with Crippen LogP contribution < -0.4 is 5.32 Å². The average Bonchev–Trinajstić information content (AvgIpc) is 3.54. The van der Waals surface area contributed by atoms with Gasteiger partial charge in [-0.25, -0.2) is 13.9 Å². The highest BCUT2D eigenvalue weighted by molar-refractivity contribution is 5.89. The molecule has 2 amide bonds. The first-order valence-electron chi connectivity index (χ1n) is 13.3. The highest BCUT2D eigenvalue weighted by Crippen LogP contribution is 2.36. The Morgan fingerprint density at radius 2 is 1.95 bits per heavy atom. The smallest absolute Gasteiger partial charge is 0.243 e. The van der Waals surface area contributed by atoms with Crippen molar-refractivity contribution in [2.45, 2.75) is 51.9 Å². The van der Waals surface area contributed by atoms with Crippen LogP contribution in [0.4, 0.5) is 4.39 Å². The molecular weight excluding hydrogens is 481 g/mol. The summed E-state index contributed by atoms with van der Waals surface area (Å²) in [6, 6.07) is 12.3. The molecule has 2 unspecified atom stereocenters. The number of hydrogen-bond acceptors (Lipinski definition) is 4. The van der Waals surface area contributed by atoms with Crippen LogP contribution in [0.3, 0.4) is 0 Å². The number of halogens is 1. The molecule has 7 nitrogen and oxygen atoms in total. The fourth-order valence-corrected chi connectivity index (χ4v) is 5.53. The predicted octanol–water partition coefficient (Wildman–Crippen LogP) is 4.47. The van der Waals surface area contributed by atoms with E-state index in [0.717, 1.165) is 11.1 Å². The van der Waals surface area contributed by atoms with Crippen molar-refractivity contribution in [1.29, 1.82) is 0 Å². The standard InChI is InChI=1S/C30H34FN5O2/c1-19(2)23-10-11-25(20(3)13-23)29(22-7-5-4-6-8-22)34-30(38)26-15-24(31)17-35(26)28(37)14-21-9-12-27-32-18-33-36(27)16-21/h4-13,16,18-20,24-26,29H,14-15,17H2,1-3H3,(H,34,38)/t20?,24-,25?,26+,29+/m1/s1. The van der Waals surface area contributed by atoms with Gasteiger partial charge in [-0.1, -0.05) is 75.4 Å². The number of likely N-dealkylation sites (tertiary alicyclic amines) is 1. The lowest BCUT2D eigenvalue weighted by molar-refractivity contribution is -0.138. The quantitative estimate of drug-likeness (QED) is 0.504. The number of nitrogens with one attached hydrogen (secondary N) is 1. The van der Waals surface area contributed by atoms with Crippen molar-refractivity contribution in [2.75, 3.05) is 6.54 Å². The van der Waals surface area contributed by atoms with E-state index in [1.165, 1.54) is 16.8 Å². The van der Waals surface area contributed by atoms with Crippen LogP contribution in [0, 0.1) is 17.8 Å². The highest BCUT2D eigenvalue weighted by Gasteiger charge is 2.41. The van der Waals surface area contributed by atoms with Gasteiger partial charge in [-0.2, -0.15) is 5.10 Å². The van der Waals surface area contributed by atoms with Gasteiger partial charge in [0.15, 0.2) is 5.65 Å². The van der Waals surface area contributed by atoms with Gasteiger partial charge in [0.05, 0.1) is 19.0 Å². The molecule has 1 aromatic carbocycles. The molecule has 198 valence electrons.